The molecule has 0 fully saturated rings. The van der Waals surface area contributed by atoms with E-state index in [1.807, 2.05) is 0 Å². The molecule has 2 rings (SSSR count). The summed E-state index contributed by atoms with van der Waals surface area (Å²) in [4.78, 5) is 10.9. The van der Waals surface area contributed by atoms with Crippen LogP contribution in [-0.2, 0) is 11.2 Å². The van der Waals surface area contributed by atoms with Gasteiger partial charge in [-0.1, -0.05) is 17.7 Å². The Morgan fingerprint density at radius 1 is 1.44 bits per heavy atom. The van der Waals surface area contributed by atoms with Crippen LogP contribution in [0, 0.1) is 5.92 Å². The molecule has 98 valence electrons. The minimum Gasteiger partial charge on any atom is -0.481 e. The molecule has 18 heavy (non-hydrogen) atoms. The van der Waals surface area contributed by atoms with Gasteiger partial charge in [0.25, 0.3) is 0 Å². The molecule has 1 aliphatic rings. The zero-order chi connectivity index (χ0) is 13.5. The minimum atomic E-state index is -4.73. The molecule has 0 spiro atoms. The van der Waals surface area contributed by atoms with Crippen LogP contribution in [0.15, 0.2) is 18.2 Å². The third-order valence-corrected chi connectivity index (χ3v) is 2.96. The van der Waals surface area contributed by atoms with E-state index in [4.69, 9.17) is 21.4 Å². The highest BCUT2D eigenvalue weighted by atomic mass is 35.5. The lowest BCUT2D eigenvalue weighted by Crippen LogP contribution is -2.47. The molecule has 1 N–H and O–H groups in total. The second-order valence-electron chi connectivity index (χ2n) is 3.98. The molecule has 2 atom stereocenters. The highest BCUT2D eigenvalue weighted by Gasteiger charge is 2.52. The number of carbonyl (C=O) groups is 1. The largest absolute Gasteiger partial charge is 0.481 e. The van der Waals surface area contributed by atoms with Crippen molar-refractivity contribution in [2.24, 2.45) is 5.92 Å². The van der Waals surface area contributed by atoms with Crippen molar-refractivity contribution in [3.05, 3.63) is 28.8 Å². The van der Waals surface area contributed by atoms with Crippen LogP contribution in [-0.4, -0.2) is 23.4 Å². The van der Waals surface area contributed by atoms with Gasteiger partial charge in [0.1, 0.15) is 11.7 Å². The number of rotatable bonds is 1. The van der Waals surface area contributed by atoms with Gasteiger partial charge in [-0.05, 0) is 24.1 Å². The second-order valence-corrected chi connectivity index (χ2v) is 4.42. The van der Waals surface area contributed by atoms with Gasteiger partial charge >= 0.3 is 12.1 Å². The first-order valence-corrected chi connectivity index (χ1v) is 5.41. The topological polar surface area (TPSA) is 46.5 Å². The molecule has 0 radical (unpaired) electrons. The number of carboxylic acids is 1. The first kappa shape index (κ1) is 13.0. The highest BCUT2D eigenvalue weighted by molar-refractivity contribution is 6.30. The standard InChI is InChI=1S/C11H8ClF3O3/c12-6-2-1-5-3-7(10(16)17)9(11(13,14)15)18-8(5)4-6/h1-2,4,7,9H,3H2,(H,16,17)/t7-,9+/m1/s1. The predicted molar refractivity (Wildman–Crippen MR) is 56.8 cm³/mol. The summed E-state index contributed by atoms with van der Waals surface area (Å²) in [7, 11) is 0. The first-order valence-electron chi connectivity index (χ1n) is 5.03. The quantitative estimate of drug-likeness (QED) is 0.860. The maximum absolute atomic E-state index is 12.7. The molecule has 0 bridgehead atoms. The zero-order valence-corrected chi connectivity index (χ0v) is 9.63. The van der Waals surface area contributed by atoms with Gasteiger partial charge in [0.2, 0.25) is 6.10 Å². The van der Waals surface area contributed by atoms with Crippen LogP contribution in [0.3, 0.4) is 0 Å². The summed E-state index contributed by atoms with van der Waals surface area (Å²) in [6.45, 7) is 0. The van der Waals surface area contributed by atoms with Crippen LogP contribution in [0.1, 0.15) is 5.56 Å². The SMILES string of the molecule is O=C(O)[C@@H]1Cc2ccc(Cl)cc2O[C@@H]1C(F)(F)F. The molecule has 0 saturated carbocycles. The van der Waals surface area contributed by atoms with E-state index in [1.54, 1.807) is 0 Å². The molecule has 0 aromatic heterocycles. The van der Waals surface area contributed by atoms with Crippen molar-refractivity contribution in [3.8, 4) is 5.75 Å². The first-order chi connectivity index (χ1) is 8.29. The molecular formula is C11H8ClF3O3. The van der Waals surface area contributed by atoms with Crippen LogP contribution in [0.5, 0.6) is 5.75 Å². The van der Waals surface area contributed by atoms with Gasteiger partial charge in [-0.3, -0.25) is 4.79 Å². The highest BCUT2D eigenvalue weighted by Crippen LogP contribution is 2.39. The summed E-state index contributed by atoms with van der Waals surface area (Å²) in [6.07, 6.45) is -7.31. The Balaban J connectivity index is 2.41. The van der Waals surface area contributed by atoms with Crippen LogP contribution < -0.4 is 4.74 Å². The van der Waals surface area contributed by atoms with Gasteiger partial charge in [0.15, 0.2) is 0 Å². The van der Waals surface area contributed by atoms with Gasteiger partial charge in [-0.25, -0.2) is 0 Å². The number of aliphatic carboxylic acids is 1. The molecule has 1 heterocycles. The lowest BCUT2D eigenvalue weighted by molar-refractivity contribution is -0.217. The Hall–Kier alpha value is -1.43. The van der Waals surface area contributed by atoms with Crippen LogP contribution in [0.4, 0.5) is 13.2 Å². The van der Waals surface area contributed by atoms with Crippen molar-refractivity contribution >= 4 is 17.6 Å². The number of hydrogen-bond donors (Lipinski definition) is 1. The van der Waals surface area contributed by atoms with Gasteiger partial charge < -0.3 is 9.84 Å². The number of hydrogen-bond acceptors (Lipinski definition) is 2. The van der Waals surface area contributed by atoms with Crippen molar-refractivity contribution in [2.45, 2.75) is 18.7 Å². The number of carboxylic acid groups (broad SMARTS) is 1. The molecule has 1 aromatic carbocycles. The average molecular weight is 281 g/mol. The van der Waals surface area contributed by atoms with Gasteiger partial charge in [-0.2, -0.15) is 13.2 Å². The predicted octanol–water partition coefficient (Wildman–Crippen LogP) is 2.91. The molecule has 1 aromatic rings. The summed E-state index contributed by atoms with van der Waals surface area (Å²) < 4.78 is 42.9. The van der Waals surface area contributed by atoms with E-state index in [0.29, 0.717) is 5.56 Å². The van der Waals surface area contributed by atoms with E-state index >= 15 is 0 Å². The van der Waals surface area contributed by atoms with Gasteiger partial charge in [-0.15, -0.1) is 0 Å². The van der Waals surface area contributed by atoms with Gasteiger partial charge in [0, 0.05) is 5.02 Å². The molecule has 0 saturated heterocycles. The normalized spacial score (nSPS) is 23.1. The van der Waals surface area contributed by atoms with E-state index in [-0.39, 0.29) is 17.2 Å². The van der Waals surface area contributed by atoms with Crippen molar-refractivity contribution < 1.29 is 27.8 Å². The molecule has 0 amide bonds. The van der Waals surface area contributed by atoms with E-state index in [9.17, 15) is 18.0 Å². The molecule has 3 nitrogen and oxygen atoms in total. The van der Waals surface area contributed by atoms with E-state index in [0.717, 1.165) is 0 Å². The van der Waals surface area contributed by atoms with Crippen LogP contribution in [0.2, 0.25) is 5.02 Å². The Bertz CT molecular complexity index is 487. The third-order valence-electron chi connectivity index (χ3n) is 2.73. The minimum absolute atomic E-state index is 0.0117. The van der Waals surface area contributed by atoms with Crippen molar-refractivity contribution in [1.29, 1.82) is 0 Å². The average Bonchev–Trinajstić information content (AvgIpc) is 2.25. The summed E-state index contributed by atoms with van der Waals surface area (Å²) >= 11 is 5.66. The number of halogens is 4. The van der Waals surface area contributed by atoms with E-state index < -0.39 is 24.2 Å². The summed E-state index contributed by atoms with van der Waals surface area (Å²) in [6, 6.07) is 4.21. The molecule has 0 aliphatic carbocycles. The Morgan fingerprint density at radius 2 is 2.11 bits per heavy atom. The maximum Gasteiger partial charge on any atom is 0.426 e. The van der Waals surface area contributed by atoms with Crippen molar-refractivity contribution in [2.75, 3.05) is 0 Å². The molecular weight excluding hydrogens is 273 g/mol. The van der Waals surface area contributed by atoms with Crippen molar-refractivity contribution in [1.82, 2.24) is 0 Å². The number of ether oxygens (including phenoxy) is 1. The molecule has 0 unspecified atom stereocenters. The van der Waals surface area contributed by atoms with Crippen LogP contribution >= 0.6 is 11.6 Å². The molecule has 1 aliphatic heterocycles. The smallest absolute Gasteiger partial charge is 0.426 e. The number of alkyl halides is 3. The number of benzene rings is 1. The Morgan fingerprint density at radius 3 is 2.67 bits per heavy atom. The van der Waals surface area contributed by atoms with Crippen molar-refractivity contribution in [3.63, 3.8) is 0 Å². The fraction of sp³-hybridized carbons (Fsp3) is 0.364. The monoisotopic (exact) mass is 280 g/mol. The van der Waals surface area contributed by atoms with Gasteiger partial charge in [0.05, 0.1) is 0 Å². The fourth-order valence-electron chi connectivity index (χ4n) is 1.88. The lowest BCUT2D eigenvalue weighted by Gasteiger charge is -2.32. The molecule has 7 heteroatoms. The van der Waals surface area contributed by atoms with Crippen LogP contribution in [0.25, 0.3) is 0 Å². The second kappa shape index (κ2) is 4.35. The summed E-state index contributed by atoms with van der Waals surface area (Å²) in [5, 5.41) is 9.09. The lowest BCUT2D eigenvalue weighted by atomic mass is 9.90. The summed E-state index contributed by atoms with van der Waals surface area (Å²) in [5.74, 6) is -3.18. The Kier molecular flexibility index (Phi) is 3.14. The Labute approximate surface area is 105 Å². The summed E-state index contributed by atoms with van der Waals surface area (Å²) in [5.41, 5.74) is 0.410. The maximum atomic E-state index is 12.7. The fourth-order valence-corrected chi connectivity index (χ4v) is 2.04. The third kappa shape index (κ3) is 2.38. The number of fused-ring (bicyclic) bond motifs is 1. The van der Waals surface area contributed by atoms with E-state index in [1.165, 1.54) is 18.2 Å². The van der Waals surface area contributed by atoms with E-state index in [2.05, 4.69) is 0 Å². The zero-order valence-electron chi connectivity index (χ0n) is 8.87.